The Kier molecular flexibility index (Phi) is 5.41. The van der Waals surface area contributed by atoms with Crippen molar-refractivity contribution in [1.29, 1.82) is 0 Å². The van der Waals surface area contributed by atoms with E-state index in [0.29, 0.717) is 41.3 Å². The van der Waals surface area contributed by atoms with Gasteiger partial charge in [-0.3, -0.25) is 4.79 Å². The number of carbonyl (C=O) groups excluding carboxylic acids is 1. The van der Waals surface area contributed by atoms with Crippen LogP contribution >= 0.6 is 11.6 Å². The molecule has 1 saturated heterocycles. The predicted octanol–water partition coefficient (Wildman–Crippen LogP) is 2.03. The van der Waals surface area contributed by atoms with Crippen LogP contribution in [0.15, 0.2) is 31.1 Å². The zero-order chi connectivity index (χ0) is 22.2. The van der Waals surface area contributed by atoms with Gasteiger partial charge in [-0.15, -0.1) is 0 Å². The van der Waals surface area contributed by atoms with E-state index in [2.05, 4.69) is 30.0 Å². The minimum Gasteiger partial charge on any atom is -0.338 e. The van der Waals surface area contributed by atoms with E-state index in [4.69, 9.17) is 11.6 Å². The molecule has 1 saturated carbocycles. The summed E-state index contributed by atoms with van der Waals surface area (Å²) in [5.41, 5.74) is 0.328. The van der Waals surface area contributed by atoms with Gasteiger partial charge in [0, 0.05) is 25.0 Å². The zero-order valence-electron chi connectivity index (χ0n) is 17.3. The highest BCUT2D eigenvalue weighted by atomic mass is 35.5. The normalized spacial score (nSPS) is 20.9. The van der Waals surface area contributed by atoms with E-state index in [1.165, 1.54) is 35.8 Å². The summed E-state index contributed by atoms with van der Waals surface area (Å²) >= 11 is 5.85. The average molecular weight is 458 g/mol. The Hall–Kier alpha value is -3.21. The van der Waals surface area contributed by atoms with Crippen LogP contribution in [0.3, 0.4) is 0 Å². The molecule has 1 aliphatic heterocycles. The van der Waals surface area contributed by atoms with Crippen molar-refractivity contribution in [2.75, 3.05) is 18.0 Å². The van der Waals surface area contributed by atoms with Crippen molar-refractivity contribution in [1.82, 2.24) is 39.6 Å². The van der Waals surface area contributed by atoms with Crippen molar-refractivity contribution in [2.24, 2.45) is 0 Å². The van der Waals surface area contributed by atoms with Crippen molar-refractivity contribution in [3.8, 4) is 5.95 Å². The van der Waals surface area contributed by atoms with Crippen LogP contribution in [0.5, 0.6) is 0 Å². The van der Waals surface area contributed by atoms with Crippen LogP contribution in [0.1, 0.15) is 35.4 Å². The first-order valence-electron chi connectivity index (χ1n) is 10.4. The molecule has 3 aromatic rings. The third-order valence-electron chi connectivity index (χ3n) is 5.72. The predicted molar refractivity (Wildman–Crippen MR) is 113 cm³/mol. The van der Waals surface area contributed by atoms with Crippen LogP contribution < -0.4 is 4.90 Å². The number of anilines is 1. The number of aryl methyl sites for hydroxylation is 1. The molecule has 4 heterocycles. The summed E-state index contributed by atoms with van der Waals surface area (Å²) in [5.74, 6) is 1.15. The molecule has 2 atom stereocenters. The number of hydrogen-bond acceptors (Lipinski definition) is 8. The van der Waals surface area contributed by atoms with Gasteiger partial charge in [0.2, 0.25) is 5.95 Å². The highest BCUT2D eigenvalue weighted by Gasteiger charge is 2.43. The zero-order valence-corrected chi connectivity index (χ0v) is 18.1. The maximum Gasteiger partial charge on any atom is 0.257 e. The van der Waals surface area contributed by atoms with Gasteiger partial charge in [-0.2, -0.15) is 9.78 Å². The number of aromatic nitrogens is 7. The Morgan fingerprint density at radius 3 is 2.34 bits per heavy atom. The number of alkyl halides is 1. The van der Waals surface area contributed by atoms with Gasteiger partial charge in [0.1, 0.15) is 18.3 Å². The van der Waals surface area contributed by atoms with E-state index in [1.54, 1.807) is 16.7 Å². The first-order valence-corrected chi connectivity index (χ1v) is 10.8. The number of amides is 1. The average Bonchev–Trinajstić information content (AvgIpc) is 3.55. The van der Waals surface area contributed by atoms with E-state index in [-0.39, 0.29) is 18.5 Å². The fourth-order valence-corrected chi connectivity index (χ4v) is 4.08. The van der Waals surface area contributed by atoms with Gasteiger partial charge >= 0.3 is 0 Å². The molecule has 5 rings (SSSR count). The second kappa shape index (κ2) is 8.38. The monoisotopic (exact) mass is 457 g/mol. The largest absolute Gasteiger partial charge is 0.338 e. The molecular formula is C20H21ClFN9O. The molecule has 3 aromatic heterocycles. The molecule has 2 unspecified atom stereocenters. The number of hydrogen-bond donors (Lipinski definition) is 0. The first kappa shape index (κ1) is 20.7. The van der Waals surface area contributed by atoms with Crippen LogP contribution in [0.25, 0.3) is 5.95 Å². The molecule has 2 aliphatic rings. The van der Waals surface area contributed by atoms with Crippen molar-refractivity contribution in [3.05, 3.63) is 47.5 Å². The van der Waals surface area contributed by atoms with E-state index in [1.807, 2.05) is 0 Å². The molecule has 1 amide bonds. The summed E-state index contributed by atoms with van der Waals surface area (Å²) in [6.45, 7) is 2.45. The molecule has 0 bridgehead atoms. The maximum atomic E-state index is 15.3. The Morgan fingerprint density at radius 1 is 1.06 bits per heavy atom. The highest BCUT2D eigenvalue weighted by Crippen LogP contribution is 2.34. The molecule has 2 fully saturated rings. The van der Waals surface area contributed by atoms with E-state index in [9.17, 15) is 4.79 Å². The van der Waals surface area contributed by atoms with Crippen LogP contribution in [-0.2, 0) is 0 Å². The van der Waals surface area contributed by atoms with Crippen molar-refractivity contribution >= 4 is 23.5 Å². The minimum absolute atomic E-state index is 0.0429. The minimum atomic E-state index is -1.23. The van der Waals surface area contributed by atoms with Gasteiger partial charge in [0.05, 0.1) is 35.6 Å². The third-order valence-corrected chi connectivity index (χ3v) is 5.92. The first-order chi connectivity index (χ1) is 15.5. The van der Waals surface area contributed by atoms with Gasteiger partial charge in [-0.05, 0) is 26.2 Å². The quantitative estimate of drug-likeness (QED) is 0.573. The topological polar surface area (TPSA) is 106 Å². The fourth-order valence-electron chi connectivity index (χ4n) is 3.98. The lowest BCUT2D eigenvalue weighted by molar-refractivity contribution is 0.0485. The maximum absolute atomic E-state index is 15.3. The van der Waals surface area contributed by atoms with Gasteiger partial charge in [0.25, 0.3) is 11.9 Å². The van der Waals surface area contributed by atoms with Crippen LogP contribution in [0.2, 0.25) is 5.02 Å². The highest BCUT2D eigenvalue weighted by molar-refractivity contribution is 6.30. The lowest BCUT2D eigenvalue weighted by atomic mass is 10.00. The van der Waals surface area contributed by atoms with Crippen LogP contribution in [0.4, 0.5) is 10.3 Å². The molecule has 0 aromatic carbocycles. The Labute approximate surface area is 188 Å². The summed E-state index contributed by atoms with van der Waals surface area (Å²) in [6, 6.07) is -0.475. The molecule has 10 nitrogen and oxygen atoms in total. The van der Waals surface area contributed by atoms with Gasteiger partial charge < -0.3 is 9.80 Å². The smallest absolute Gasteiger partial charge is 0.257 e. The van der Waals surface area contributed by atoms with Gasteiger partial charge in [0.15, 0.2) is 0 Å². The lowest BCUT2D eigenvalue weighted by Crippen LogP contribution is -2.55. The second-order valence-corrected chi connectivity index (χ2v) is 8.39. The molecule has 12 heteroatoms. The molecule has 0 radical (unpaired) electrons. The summed E-state index contributed by atoms with van der Waals surface area (Å²) in [4.78, 5) is 37.7. The molecular weight excluding hydrogens is 437 g/mol. The van der Waals surface area contributed by atoms with E-state index in [0.717, 1.165) is 12.8 Å². The second-order valence-electron chi connectivity index (χ2n) is 7.95. The standard InChI is InChI=1S/C20H21ClFN9O/c1-12-27-11-28-31(12)20-23-6-13(7-24-20)18(32)30(15-2-3-15)17-4-5-29(10-16(17)22)19-25-8-14(21)9-26-19/h6-9,11,15-17H,2-5,10H2,1H3. The van der Waals surface area contributed by atoms with E-state index >= 15 is 4.39 Å². The number of piperidine rings is 1. The summed E-state index contributed by atoms with van der Waals surface area (Å²) in [7, 11) is 0. The molecule has 32 heavy (non-hydrogen) atoms. The Bertz CT molecular complexity index is 1100. The Balaban J connectivity index is 1.32. The SMILES string of the molecule is Cc1ncnn1-c1ncc(C(=O)N(C2CC2)C2CCN(c3ncc(Cl)cn3)CC2F)cn1. The number of carbonyl (C=O) groups is 1. The molecule has 0 spiro atoms. The number of nitrogens with zero attached hydrogens (tertiary/aromatic N) is 9. The van der Waals surface area contributed by atoms with Crippen LogP contribution in [-0.4, -0.2) is 76.9 Å². The van der Waals surface area contributed by atoms with Crippen molar-refractivity contribution in [3.63, 3.8) is 0 Å². The van der Waals surface area contributed by atoms with Crippen LogP contribution in [0, 0.1) is 6.92 Å². The summed E-state index contributed by atoms with van der Waals surface area (Å²) < 4.78 is 16.8. The van der Waals surface area contributed by atoms with Crippen molar-refractivity contribution < 1.29 is 9.18 Å². The number of halogens is 2. The van der Waals surface area contributed by atoms with Gasteiger partial charge in [-0.1, -0.05) is 11.6 Å². The summed E-state index contributed by atoms with van der Waals surface area (Å²) in [6.07, 6.45) is 8.32. The molecule has 1 aliphatic carbocycles. The summed E-state index contributed by atoms with van der Waals surface area (Å²) in [5, 5.41) is 4.50. The number of rotatable bonds is 5. The van der Waals surface area contributed by atoms with Crippen molar-refractivity contribution in [2.45, 2.75) is 44.4 Å². The fraction of sp³-hybridized carbons (Fsp3) is 0.450. The van der Waals surface area contributed by atoms with E-state index < -0.39 is 12.2 Å². The molecule has 0 N–H and O–H groups in total. The van der Waals surface area contributed by atoms with Gasteiger partial charge in [-0.25, -0.2) is 29.3 Å². The lowest BCUT2D eigenvalue weighted by Gasteiger charge is -2.40. The molecule has 166 valence electrons. The third kappa shape index (κ3) is 3.99. The Morgan fingerprint density at radius 2 is 1.75 bits per heavy atom.